The Morgan fingerprint density at radius 3 is 1.90 bits per heavy atom. The van der Waals surface area contributed by atoms with E-state index in [1.807, 2.05) is 0 Å². The summed E-state index contributed by atoms with van der Waals surface area (Å²) in [5.41, 5.74) is -0.109. The van der Waals surface area contributed by atoms with Crippen molar-refractivity contribution in [2.45, 2.75) is 0 Å². The van der Waals surface area contributed by atoms with Crippen molar-refractivity contribution in [3.63, 3.8) is 0 Å². The van der Waals surface area contributed by atoms with Gasteiger partial charge in [0.1, 0.15) is 0 Å². The molecule has 0 aliphatic carbocycles. The smallest absolute Gasteiger partial charge is 0.199 e. The zero-order valence-electron chi connectivity index (χ0n) is 5.14. The van der Waals surface area contributed by atoms with Gasteiger partial charge < -0.3 is 5.21 Å². The van der Waals surface area contributed by atoms with E-state index in [1.54, 1.807) is 18.2 Å². The fraction of sp³-hybridized carbons (Fsp3) is 0. The number of hydrogen-bond acceptors (Lipinski definition) is 3. The van der Waals surface area contributed by atoms with Gasteiger partial charge in [-0.15, -0.1) is 0 Å². The van der Waals surface area contributed by atoms with Gasteiger partial charge in [0, 0.05) is 12.1 Å². The third-order valence-electron chi connectivity index (χ3n) is 1.09. The molecular formula is C6H7NO3. The zero-order chi connectivity index (χ0) is 7.61. The number of para-hydroxylation sites is 1. The Kier molecular flexibility index (Phi) is 1.69. The monoisotopic (exact) mass is 141 g/mol. The Labute approximate surface area is 57.6 Å². The number of benzene rings is 1. The Hall–Kier alpha value is -0.940. The maximum Gasteiger partial charge on any atom is 0.199 e. The van der Waals surface area contributed by atoms with Gasteiger partial charge in [0.15, 0.2) is 5.69 Å². The van der Waals surface area contributed by atoms with Crippen LogP contribution >= 0.6 is 0 Å². The molecule has 4 nitrogen and oxygen atoms in total. The minimum atomic E-state index is -2.36. The first-order valence-corrected chi connectivity index (χ1v) is 2.72. The third kappa shape index (κ3) is 1.52. The fourth-order valence-electron chi connectivity index (χ4n) is 0.622. The molecule has 2 N–H and O–H groups in total. The van der Waals surface area contributed by atoms with Crippen LogP contribution in [0.4, 0.5) is 5.69 Å². The van der Waals surface area contributed by atoms with Crippen molar-refractivity contribution in [2.24, 2.45) is 0 Å². The molecule has 0 heterocycles. The van der Waals surface area contributed by atoms with E-state index in [0.717, 1.165) is 0 Å². The molecular weight excluding hydrogens is 134 g/mol. The largest absolute Gasteiger partial charge is 0.559 e. The van der Waals surface area contributed by atoms with Crippen molar-refractivity contribution in [3.8, 4) is 0 Å². The molecule has 1 aromatic carbocycles. The summed E-state index contributed by atoms with van der Waals surface area (Å²) in [6.07, 6.45) is 0. The van der Waals surface area contributed by atoms with Gasteiger partial charge in [0.2, 0.25) is 0 Å². The first kappa shape index (κ1) is 7.17. The van der Waals surface area contributed by atoms with E-state index < -0.39 is 4.97 Å². The Morgan fingerprint density at radius 2 is 1.60 bits per heavy atom. The van der Waals surface area contributed by atoms with Crippen LogP contribution in [0.3, 0.4) is 0 Å². The molecule has 0 aliphatic heterocycles. The van der Waals surface area contributed by atoms with E-state index >= 15 is 0 Å². The zero-order valence-corrected chi connectivity index (χ0v) is 5.14. The van der Waals surface area contributed by atoms with E-state index in [9.17, 15) is 5.21 Å². The minimum Gasteiger partial charge on any atom is -0.559 e. The highest BCUT2D eigenvalue weighted by molar-refractivity contribution is 5.38. The minimum absolute atomic E-state index is 0.109. The van der Waals surface area contributed by atoms with Crippen LogP contribution in [-0.4, -0.2) is 10.4 Å². The van der Waals surface area contributed by atoms with Gasteiger partial charge in [0.05, 0.1) is 0 Å². The average molecular weight is 141 g/mol. The number of rotatable bonds is 1. The predicted octanol–water partition coefficient (Wildman–Crippen LogP) is 1.27. The van der Waals surface area contributed by atoms with Crippen LogP contribution in [0.2, 0.25) is 0 Å². The molecule has 4 heteroatoms. The van der Waals surface area contributed by atoms with Gasteiger partial charge in [-0.3, -0.25) is 0 Å². The lowest BCUT2D eigenvalue weighted by Crippen LogP contribution is -2.34. The number of quaternary nitrogens is 1. The van der Waals surface area contributed by atoms with Gasteiger partial charge >= 0.3 is 0 Å². The maximum atomic E-state index is 10.4. The Balaban J connectivity index is 2.97. The van der Waals surface area contributed by atoms with Crippen molar-refractivity contribution in [1.29, 1.82) is 0 Å². The molecule has 0 unspecified atom stereocenters. The maximum absolute atomic E-state index is 10.4. The molecule has 0 fully saturated rings. The van der Waals surface area contributed by atoms with Crippen LogP contribution in [0.25, 0.3) is 0 Å². The summed E-state index contributed by atoms with van der Waals surface area (Å²) in [6, 6.07) is 7.43. The predicted molar refractivity (Wildman–Crippen MR) is 35.2 cm³/mol. The highest BCUT2D eigenvalue weighted by Crippen LogP contribution is 2.14. The molecule has 0 atom stereocenters. The normalized spacial score (nSPS) is 11.5. The van der Waals surface area contributed by atoms with Gasteiger partial charge in [-0.25, -0.2) is 0 Å². The molecule has 54 valence electrons. The molecule has 0 bridgehead atoms. The summed E-state index contributed by atoms with van der Waals surface area (Å²) in [7, 11) is 0. The molecule has 0 aromatic heterocycles. The standard InChI is InChI=1S/C6H7NO3/c8-7(9,10)6-4-2-1-3-5-6/h1-5,8-9H. The third-order valence-corrected chi connectivity index (χ3v) is 1.09. The van der Waals surface area contributed by atoms with Crippen LogP contribution in [0.5, 0.6) is 0 Å². The average Bonchev–Trinajstić information content (AvgIpc) is 1.88. The first-order valence-electron chi connectivity index (χ1n) is 2.72. The van der Waals surface area contributed by atoms with Gasteiger partial charge in [-0.2, -0.15) is 10.4 Å². The van der Waals surface area contributed by atoms with Crippen molar-refractivity contribution in [2.75, 3.05) is 0 Å². The summed E-state index contributed by atoms with van der Waals surface area (Å²) in [5, 5.41) is 27.2. The molecule has 0 amide bonds. The number of nitrogens with zero attached hydrogens (tertiary/aromatic N) is 1. The van der Waals surface area contributed by atoms with Gasteiger partial charge in [-0.1, -0.05) is 18.2 Å². The van der Waals surface area contributed by atoms with Crippen LogP contribution in [0.1, 0.15) is 0 Å². The van der Waals surface area contributed by atoms with Crippen molar-refractivity contribution in [3.05, 3.63) is 35.5 Å². The Morgan fingerprint density at radius 1 is 1.10 bits per heavy atom. The molecule has 0 saturated carbocycles. The van der Waals surface area contributed by atoms with E-state index in [2.05, 4.69) is 0 Å². The van der Waals surface area contributed by atoms with Crippen molar-refractivity contribution < 1.29 is 10.4 Å². The second-order valence-electron chi connectivity index (χ2n) is 1.88. The van der Waals surface area contributed by atoms with Gasteiger partial charge in [-0.05, 0) is 4.97 Å². The fourth-order valence-corrected chi connectivity index (χ4v) is 0.622. The molecule has 0 aliphatic rings. The second-order valence-corrected chi connectivity index (χ2v) is 1.88. The van der Waals surface area contributed by atoms with Crippen LogP contribution in [0.15, 0.2) is 30.3 Å². The summed E-state index contributed by atoms with van der Waals surface area (Å²) in [5.74, 6) is 0. The lowest BCUT2D eigenvalue weighted by molar-refractivity contribution is -0.252. The molecule has 0 radical (unpaired) electrons. The highest BCUT2D eigenvalue weighted by Gasteiger charge is 2.11. The first-order chi connectivity index (χ1) is 4.61. The topological polar surface area (TPSA) is 63.5 Å². The quantitative estimate of drug-likeness (QED) is 0.457. The van der Waals surface area contributed by atoms with E-state index in [1.165, 1.54) is 12.1 Å². The lowest BCUT2D eigenvalue weighted by Gasteiger charge is -2.22. The highest BCUT2D eigenvalue weighted by atomic mass is 17.1. The summed E-state index contributed by atoms with van der Waals surface area (Å²) < 4.78 is 0. The van der Waals surface area contributed by atoms with E-state index in [0.29, 0.717) is 0 Å². The Bertz CT molecular complexity index is 204. The van der Waals surface area contributed by atoms with E-state index in [-0.39, 0.29) is 5.69 Å². The second kappa shape index (κ2) is 2.36. The summed E-state index contributed by atoms with van der Waals surface area (Å²) in [6.45, 7) is 0. The molecule has 1 aromatic rings. The SMILES string of the molecule is [O-][N+](O)(O)c1ccccc1. The molecule has 0 saturated heterocycles. The summed E-state index contributed by atoms with van der Waals surface area (Å²) >= 11 is 0. The van der Waals surface area contributed by atoms with Crippen LogP contribution in [-0.2, 0) is 0 Å². The molecule has 10 heavy (non-hydrogen) atoms. The molecule has 0 spiro atoms. The van der Waals surface area contributed by atoms with Crippen LogP contribution < -0.4 is 4.97 Å². The van der Waals surface area contributed by atoms with Crippen molar-refractivity contribution in [1.82, 2.24) is 4.97 Å². The van der Waals surface area contributed by atoms with Gasteiger partial charge in [0.25, 0.3) is 0 Å². The summed E-state index contributed by atoms with van der Waals surface area (Å²) in [4.78, 5) is -2.36. The van der Waals surface area contributed by atoms with Crippen LogP contribution in [0, 0.1) is 5.21 Å². The molecule has 1 rings (SSSR count). The van der Waals surface area contributed by atoms with Crippen molar-refractivity contribution >= 4 is 5.69 Å². The van der Waals surface area contributed by atoms with E-state index in [4.69, 9.17) is 10.4 Å². The lowest BCUT2D eigenvalue weighted by atomic mass is 10.3. The number of hydrogen-bond donors (Lipinski definition) is 2.